The normalized spacial score (nSPS) is 13.5. The van der Waals surface area contributed by atoms with Gasteiger partial charge in [0, 0.05) is 18.8 Å². The predicted molar refractivity (Wildman–Crippen MR) is 131 cm³/mol. The summed E-state index contributed by atoms with van der Waals surface area (Å²) >= 11 is 5.90. The molecule has 0 unspecified atom stereocenters. The molecule has 3 aromatic rings. The number of sulfonamides is 1. The first-order valence-electron chi connectivity index (χ1n) is 10.7. The van der Waals surface area contributed by atoms with Crippen molar-refractivity contribution in [3.63, 3.8) is 0 Å². The molecule has 1 aliphatic heterocycles. The van der Waals surface area contributed by atoms with Crippen molar-refractivity contribution in [1.29, 1.82) is 0 Å². The van der Waals surface area contributed by atoms with E-state index in [1.807, 2.05) is 4.90 Å². The van der Waals surface area contributed by atoms with Crippen LogP contribution in [0.3, 0.4) is 0 Å². The Labute approximate surface area is 206 Å². The van der Waals surface area contributed by atoms with Crippen LogP contribution >= 0.6 is 11.6 Å². The van der Waals surface area contributed by atoms with Crippen LogP contribution in [0.25, 0.3) is 0 Å². The van der Waals surface area contributed by atoms with Gasteiger partial charge in [-0.1, -0.05) is 23.7 Å². The second-order valence-corrected chi connectivity index (χ2v) is 9.94. The zero-order valence-corrected chi connectivity index (χ0v) is 20.2. The van der Waals surface area contributed by atoms with Gasteiger partial charge >= 0.3 is 0 Å². The van der Waals surface area contributed by atoms with Crippen molar-refractivity contribution in [3.05, 3.63) is 76.8 Å². The Bertz CT molecular complexity index is 1380. The quantitative estimate of drug-likeness (QED) is 0.413. The Balaban J connectivity index is 1.71. The highest BCUT2D eigenvalue weighted by atomic mass is 35.5. The van der Waals surface area contributed by atoms with E-state index in [1.165, 1.54) is 13.2 Å². The molecule has 1 fully saturated rings. The van der Waals surface area contributed by atoms with E-state index in [9.17, 15) is 22.0 Å². The fraction of sp³-hybridized carbons (Fsp3) is 0.208. The number of nitrogens with one attached hydrogen (secondary N) is 2. The maximum atomic E-state index is 13.7. The van der Waals surface area contributed by atoms with E-state index < -0.39 is 27.6 Å². The molecule has 0 aliphatic carbocycles. The molecule has 1 amide bonds. The molecule has 1 saturated heterocycles. The van der Waals surface area contributed by atoms with Gasteiger partial charge in [-0.3, -0.25) is 9.52 Å². The van der Waals surface area contributed by atoms with E-state index in [0.29, 0.717) is 36.7 Å². The van der Waals surface area contributed by atoms with Crippen LogP contribution in [-0.4, -0.2) is 34.5 Å². The summed E-state index contributed by atoms with van der Waals surface area (Å²) in [5, 5.41) is 2.24. The van der Waals surface area contributed by atoms with Crippen LogP contribution in [0.5, 0.6) is 5.75 Å². The molecule has 7 nitrogen and oxygen atoms in total. The van der Waals surface area contributed by atoms with Crippen molar-refractivity contribution >= 4 is 44.6 Å². The van der Waals surface area contributed by atoms with Crippen LogP contribution in [0.1, 0.15) is 23.2 Å². The summed E-state index contributed by atoms with van der Waals surface area (Å²) in [5.41, 5.74) is 0.587. The van der Waals surface area contributed by atoms with E-state index in [4.69, 9.17) is 16.3 Å². The fourth-order valence-electron chi connectivity index (χ4n) is 3.85. The summed E-state index contributed by atoms with van der Waals surface area (Å²) in [6.07, 6.45) is 1.85. The average Bonchev–Trinajstić information content (AvgIpc) is 3.36. The molecule has 1 heterocycles. The number of ether oxygens (including phenoxy) is 1. The fourth-order valence-corrected chi connectivity index (χ4v) is 5.41. The number of benzene rings is 3. The van der Waals surface area contributed by atoms with Gasteiger partial charge in [-0.15, -0.1) is 0 Å². The molecule has 4 rings (SSSR count). The van der Waals surface area contributed by atoms with Crippen LogP contribution in [-0.2, 0) is 10.0 Å². The van der Waals surface area contributed by atoms with Gasteiger partial charge < -0.3 is 15.0 Å². The topological polar surface area (TPSA) is 87.7 Å². The first-order chi connectivity index (χ1) is 16.7. The second kappa shape index (κ2) is 10.1. The Kier molecular flexibility index (Phi) is 7.13. The van der Waals surface area contributed by atoms with E-state index in [1.54, 1.807) is 36.4 Å². The molecule has 11 heteroatoms. The molecule has 184 valence electrons. The summed E-state index contributed by atoms with van der Waals surface area (Å²) in [7, 11) is -2.68. The van der Waals surface area contributed by atoms with Crippen molar-refractivity contribution in [3.8, 4) is 5.75 Å². The number of para-hydroxylation sites is 2. The minimum atomic E-state index is -4.12. The summed E-state index contributed by atoms with van der Waals surface area (Å²) in [6.45, 7) is 1.38. The number of anilines is 3. The molecule has 0 bridgehead atoms. The lowest BCUT2D eigenvalue weighted by Gasteiger charge is -2.23. The molecule has 3 aromatic carbocycles. The molecule has 35 heavy (non-hydrogen) atoms. The van der Waals surface area contributed by atoms with Gasteiger partial charge in [-0.05, 0) is 55.3 Å². The molecule has 0 radical (unpaired) electrons. The van der Waals surface area contributed by atoms with Gasteiger partial charge in [0.05, 0.1) is 29.1 Å². The molecule has 0 spiro atoms. The minimum Gasteiger partial charge on any atom is -0.495 e. The molecular formula is C24H22ClF2N3O4S. The van der Waals surface area contributed by atoms with Crippen LogP contribution in [0.2, 0.25) is 5.02 Å². The largest absolute Gasteiger partial charge is 0.495 e. The van der Waals surface area contributed by atoms with E-state index in [0.717, 1.165) is 12.8 Å². The highest BCUT2D eigenvalue weighted by Gasteiger charge is 2.26. The number of carbonyl (C=O) groups is 1. The summed E-state index contributed by atoms with van der Waals surface area (Å²) in [4.78, 5) is 14.6. The van der Waals surface area contributed by atoms with Crippen molar-refractivity contribution in [2.24, 2.45) is 0 Å². The van der Waals surface area contributed by atoms with Gasteiger partial charge in [-0.25, -0.2) is 17.2 Å². The molecule has 2 N–H and O–H groups in total. The van der Waals surface area contributed by atoms with Crippen LogP contribution in [0, 0.1) is 11.6 Å². The Morgan fingerprint density at radius 2 is 1.71 bits per heavy atom. The number of hydrogen-bond acceptors (Lipinski definition) is 5. The minimum absolute atomic E-state index is 0.0560. The second-order valence-electron chi connectivity index (χ2n) is 7.88. The lowest BCUT2D eigenvalue weighted by Crippen LogP contribution is -2.23. The van der Waals surface area contributed by atoms with Gasteiger partial charge in [-0.2, -0.15) is 0 Å². The number of hydrogen-bond donors (Lipinski definition) is 2. The third kappa shape index (κ3) is 5.33. The molecule has 0 aromatic heterocycles. The highest BCUT2D eigenvalue weighted by molar-refractivity contribution is 7.93. The van der Waals surface area contributed by atoms with Crippen molar-refractivity contribution in [1.82, 2.24) is 0 Å². The smallest absolute Gasteiger partial charge is 0.264 e. The lowest BCUT2D eigenvalue weighted by atomic mass is 10.2. The molecule has 1 aliphatic rings. The van der Waals surface area contributed by atoms with Crippen molar-refractivity contribution < 1.29 is 26.7 Å². The van der Waals surface area contributed by atoms with E-state index in [-0.39, 0.29) is 26.9 Å². The number of methoxy groups -OCH3 is 1. The van der Waals surface area contributed by atoms with Crippen LogP contribution in [0.15, 0.2) is 59.5 Å². The molecular weight excluding hydrogens is 500 g/mol. The zero-order valence-electron chi connectivity index (χ0n) is 18.6. The standard InChI is InChI=1S/C24H22ClF2N3O4S/c1-34-22-7-3-2-6-20(22)29-35(32,33)23-12-15(8-9-21(23)30-10-4-5-11-30)28-24(31)16-13-18(26)19(27)14-17(16)25/h2-3,6-9,12-14,29H,4-5,10-11H2,1H3,(H,28,31). The number of nitrogens with zero attached hydrogens (tertiary/aromatic N) is 1. The predicted octanol–water partition coefficient (Wildman–Crippen LogP) is 5.28. The van der Waals surface area contributed by atoms with E-state index in [2.05, 4.69) is 10.0 Å². The monoisotopic (exact) mass is 521 g/mol. The first-order valence-corrected chi connectivity index (χ1v) is 12.6. The number of halogens is 3. The lowest BCUT2D eigenvalue weighted by molar-refractivity contribution is 0.102. The first kappa shape index (κ1) is 24.7. The SMILES string of the molecule is COc1ccccc1NS(=O)(=O)c1cc(NC(=O)c2cc(F)c(F)cc2Cl)ccc1N1CCCC1. The van der Waals surface area contributed by atoms with Gasteiger partial charge in [0.25, 0.3) is 15.9 Å². The molecule has 0 saturated carbocycles. The average molecular weight is 522 g/mol. The maximum Gasteiger partial charge on any atom is 0.264 e. The van der Waals surface area contributed by atoms with Gasteiger partial charge in [0.15, 0.2) is 11.6 Å². The number of amides is 1. The number of rotatable bonds is 7. The maximum absolute atomic E-state index is 13.7. The summed E-state index contributed by atoms with van der Waals surface area (Å²) in [5.74, 6) is -2.88. The third-order valence-corrected chi connectivity index (χ3v) is 7.27. The Morgan fingerprint density at radius 1 is 1.03 bits per heavy atom. The Hall–Kier alpha value is -3.37. The highest BCUT2D eigenvalue weighted by Crippen LogP contribution is 2.34. The summed E-state index contributed by atoms with van der Waals surface area (Å²) < 4.78 is 61.8. The van der Waals surface area contributed by atoms with Crippen LogP contribution in [0.4, 0.5) is 25.8 Å². The van der Waals surface area contributed by atoms with Crippen LogP contribution < -0.4 is 19.7 Å². The van der Waals surface area contributed by atoms with Gasteiger partial charge in [0.1, 0.15) is 10.6 Å². The van der Waals surface area contributed by atoms with Crippen molar-refractivity contribution in [2.75, 3.05) is 35.1 Å². The zero-order chi connectivity index (χ0) is 25.2. The van der Waals surface area contributed by atoms with E-state index >= 15 is 0 Å². The molecule has 0 atom stereocenters. The number of carbonyl (C=O) groups excluding carboxylic acids is 1. The third-order valence-electron chi connectivity index (χ3n) is 5.56. The summed E-state index contributed by atoms with van der Waals surface area (Å²) in [6, 6.07) is 12.4. The van der Waals surface area contributed by atoms with Crippen molar-refractivity contribution in [2.45, 2.75) is 17.7 Å². The Morgan fingerprint density at radius 3 is 2.43 bits per heavy atom. The van der Waals surface area contributed by atoms with Gasteiger partial charge in [0.2, 0.25) is 0 Å².